The first-order valence-corrected chi connectivity index (χ1v) is 7.06. The standard InChI is InChI=1S/C16H25NO2/c1-4-19-16(18)10-11-17-12-15(13(2)3)14-8-6-5-7-9-14/h5-9,13,15,17H,4,10-12H2,1-3H3. The van der Waals surface area contributed by atoms with Crippen LogP contribution in [0.1, 0.15) is 38.7 Å². The van der Waals surface area contributed by atoms with Crippen LogP contribution < -0.4 is 5.32 Å². The number of ether oxygens (including phenoxy) is 1. The number of carbonyl (C=O) groups excluding carboxylic acids is 1. The SMILES string of the molecule is CCOC(=O)CCNCC(c1ccccc1)C(C)C. The van der Waals surface area contributed by atoms with Crippen LogP contribution in [0.5, 0.6) is 0 Å². The van der Waals surface area contributed by atoms with Gasteiger partial charge in [-0.05, 0) is 24.3 Å². The van der Waals surface area contributed by atoms with Gasteiger partial charge in [0.15, 0.2) is 0 Å². The van der Waals surface area contributed by atoms with Gasteiger partial charge < -0.3 is 10.1 Å². The lowest BCUT2D eigenvalue weighted by Gasteiger charge is -2.21. The Morgan fingerprint density at radius 2 is 1.95 bits per heavy atom. The molecule has 0 aliphatic carbocycles. The molecule has 3 heteroatoms. The van der Waals surface area contributed by atoms with E-state index in [0.29, 0.717) is 31.4 Å². The van der Waals surface area contributed by atoms with Crippen molar-refractivity contribution in [2.24, 2.45) is 5.92 Å². The zero-order valence-corrected chi connectivity index (χ0v) is 12.2. The van der Waals surface area contributed by atoms with E-state index in [1.165, 1.54) is 5.56 Å². The first kappa shape index (κ1) is 15.7. The molecular formula is C16H25NO2. The van der Waals surface area contributed by atoms with Crippen molar-refractivity contribution >= 4 is 5.97 Å². The highest BCUT2D eigenvalue weighted by atomic mass is 16.5. The summed E-state index contributed by atoms with van der Waals surface area (Å²) < 4.78 is 4.90. The van der Waals surface area contributed by atoms with Gasteiger partial charge >= 0.3 is 5.97 Å². The molecule has 0 saturated heterocycles. The van der Waals surface area contributed by atoms with Gasteiger partial charge in [-0.3, -0.25) is 4.79 Å². The summed E-state index contributed by atoms with van der Waals surface area (Å²) in [5.41, 5.74) is 1.35. The van der Waals surface area contributed by atoms with Crippen molar-refractivity contribution in [1.29, 1.82) is 0 Å². The Bertz CT molecular complexity index is 362. The molecule has 1 rings (SSSR count). The van der Waals surface area contributed by atoms with E-state index in [1.807, 2.05) is 13.0 Å². The van der Waals surface area contributed by atoms with Gasteiger partial charge in [0, 0.05) is 13.1 Å². The molecule has 1 unspecified atom stereocenters. The minimum Gasteiger partial charge on any atom is -0.466 e. The topological polar surface area (TPSA) is 38.3 Å². The molecule has 1 aromatic carbocycles. The molecule has 0 aliphatic heterocycles. The fourth-order valence-electron chi connectivity index (χ4n) is 2.12. The maximum atomic E-state index is 11.2. The second-order valence-electron chi connectivity index (χ2n) is 5.02. The quantitative estimate of drug-likeness (QED) is 0.579. The molecule has 0 aromatic heterocycles. The summed E-state index contributed by atoms with van der Waals surface area (Å²) in [6.07, 6.45) is 0.438. The first-order valence-electron chi connectivity index (χ1n) is 7.06. The number of hydrogen-bond donors (Lipinski definition) is 1. The number of hydrogen-bond acceptors (Lipinski definition) is 3. The van der Waals surface area contributed by atoms with E-state index in [1.54, 1.807) is 0 Å². The Balaban J connectivity index is 2.38. The normalized spacial score (nSPS) is 12.4. The Hall–Kier alpha value is -1.35. The van der Waals surface area contributed by atoms with Crippen LogP contribution in [0.3, 0.4) is 0 Å². The van der Waals surface area contributed by atoms with Gasteiger partial charge in [0.2, 0.25) is 0 Å². The predicted molar refractivity (Wildman–Crippen MR) is 78.1 cm³/mol. The van der Waals surface area contributed by atoms with E-state index in [4.69, 9.17) is 4.74 Å². The third kappa shape index (κ3) is 5.88. The van der Waals surface area contributed by atoms with Crippen LogP contribution in [0, 0.1) is 5.92 Å². The Kier molecular flexibility index (Phi) is 7.19. The Morgan fingerprint density at radius 3 is 2.53 bits per heavy atom. The minimum atomic E-state index is -0.129. The second-order valence-corrected chi connectivity index (χ2v) is 5.02. The van der Waals surface area contributed by atoms with E-state index < -0.39 is 0 Å². The fraction of sp³-hybridized carbons (Fsp3) is 0.562. The van der Waals surface area contributed by atoms with Crippen LogP contribution >= 0.6 is 0 Å². The first-order chi connectivity index (χ1) is 9.15. The van der Waals surface area contributed by atoms with Crippen LogP contribution in [-0.2, 0) is 9.53 Å². The average Bonchev–Trinajstić information content (AvgIpc) is 2.39. The van der Waals surface area contributed by atoms with Crippen LogP contribution in [0.2, 0.25) is 0 Å². The van der Waals surface area contributed by atoms with Gasteiger partial charge in [0.05, 0.1) is 13.0 Å². The van der Waals surface area contributed by atoms with E-state index >= 15 is 0 Å². The lowest BCUT2D eigenvalue weighted by Crippen LogP contribution is -2.27. The lowest BCUT2D eigenvalue weighted by molar-refractivity contribution is -0.142. The zero-order valence-electron chi connectivity index (χ0n) is 12.2. The molecule has 1 N–H and O–H groups in total. The number of nitrogens with one attached hydrogen (secondary N) is 1. The Morgan fingerprint density at radius 1 is 1.26 bits per heavy atom. The number of esters is 1. The third-order valence-corrected chi connectivity index (χ3v) is 3.21. The molecule has 19 heavy (non-hydrogen) atoms. The van der Waals surface area contributed by atoms with Crippen molar-refractivity contribution in [1.82, 2.24) is 5.32 Å². The molecule has 1 aromatic rings. The lowest BCUT2D eigenvalue weighted by atomic mass is 9.88. The summed E-state index contributed by atoms with van der Waals surface area (Å²) >= 11 is 0. The maximum absolute atomic E-state index is 11.2. The molecule has 106 valence electrons. The molecule has 1 atom stereocenters. The fourth-order valence-corrected chi connectivity index (χ4v) is 2.12. The molecule has 0 saturated carbocycles. The predicted octanol–water partition coefficient (Wildman–Crippen LogP) is 2.97. The average molecular weight is 263 g/mol. The highest BCUT2D eigenvalue weighted by Crippen LogP contribution is 2.23. The van der Waals surface area contributed by atoms with Crippen molar-refractivity contribution in [3.8, 4) is 0 Å². The molecule has 3 nitrogen and oxygen atoms in total. The summed E-state index contributed by atoms with van der Waals surface area (Å²) in [4.78, 5) is 11.2. The highest BCUT2D eigenvalue weighted by Gasteiger charge is 2.15. The summed E-state index contributed by atoms with van der Waals surface area (Å²) in [5, 5.41) is 3.35. The van der Waals surface area contributed by atoms with Crippen molar-refractivity contribution in [3.63, 3.8) is 0 Å². The molecular weight excluding hydrogens is 238 g/mol. The molecule has 0 radical (unpaired) electrons. The smallest absolute Gasteiger partial charge is 0.307 e. The monoisotopic (exact) mass is 263 g/mol. The van der Waals surface area contributed by atoms with Gasteiger partial charge in [-0.1, -0.05) is 44.2 Å². The van der Waals surface area contributed by atoms with Crippen LogP contribution in [-0.4, -0.2) is 25.7 Å². The van der Waals surface area contributed by atoms with Gasteiger partial charge in [0.25, 0.3) is 0 Å². The van der Waals surface area contributed by atoms with Crippen molar-refractivity contribution in [2.45, 2.75) is 33.1 Å². The second kappa shape index (κ2) is 8.70. The molecule has 0 aliphatic rings. The van der Waals surface area contributed by atoms with Gasteiger partial charge in [-0.25, -0.2) is 0 Å². The van der Waals surface area contributed by atoms with E-state index in [2.05, 4.69) is 43.4 Å². The van der Waals surface area contributed by atoms with Crippen LogP contribution in [0.25, 0.3) is 0 Å². The number of rotatable bonds is 8. The molecule has 0 spiro atoms. The van der Waals surface area contributed by atoms with Crippen LogP contribution in [0.15, 0.2) is 30.3 Å². The minimum absolute atomic E-state index is 0.129. The summed E-state index contributed by atoms with van der Waals surface area (Å²) in [6, 6.07) is 10.5. The third-order valence-electron chi connectivity index (χ3n) is 3.21. The van der Waals surface area contributed by atoms with E-state index in [-0.39, 0.29) is 5.97 Å². The van der Waals surface area contributed by atoms with Crippen LogP contribution in [0.4, 0.5) is 0 Å². The van der Waals surface area contributed by atoms with Gasteiger partial charge in [-0.2, -0.15) is 0 Å². The molecule has 0 heterocycles. The van der Waals surface area contributed by atoms with Gasteiger partial charge in [-0.15, -0.1) is 0 Å². The molecule has 0 amide bonds. The van der Waals surface area contributed by atoms with Crippen molar-refractivity contribution in [3.05, 3.63) is 35.9 Å². The number of carbonyl (C=O) groups is 1. The van der Waals surface area contributed by atoms with E-state index in [9.17, 15) is 4.79 Å². The molecule has 0 fully saturated rings. The maximum Gasteiger partial charge on any atom is 0.307 e. The summed E-state index contributed by atoms with van der Waals surface area (Å²) in [6.45, 7) is 8.30. The highest BCUT2D eigenvalue weighted by molar-refractivity contribution is 5.69. The van der Waals surface area contributed by atoms with Crippen molar-refractivity contribution < 1.29 is 9.53 Å². The largest absolute Gasteiger partial charge is 0.466 e. The Labute approximate surface area is 116 Å². The van der Waals surface area contributed by atoms with Crippen molar-refractivity contribution in [2.75, 3.05) is 19.7 Å². The summed E-state index contributed by atoms with van der Waals surface area (Å²) in [7, 11) is 0. The number of benzene rings is 1. The van der Waals surface area contributed by atoms with E-state index in [0.717, 1.165) is 6.54 Å². The summed E-state index contributed by atoms with van der Waals surface area (Å²) in [5.74, 6) is 0.914. The molecule has 0 bridgehead atoms. The zero-order chi connectivity index (χ0) is 14.1. The van der Waals surface area contributed by atoms with Gasteiger partial charge in [0.1, 0.15) is 0 Å².